The molecule has 1 aliphatic carbocycles. The molecule has 1 saturated carbocycles. The average molecular weight is 233 g/mol. The van der Waals surface area contributed by atoms with Gasteiger partial charge in [0.05, 0.1) is 18.4 Å². The predicted octanol–water partition coefficient (Wildman–Crippen LogP) is 2.05. The number of nitriles is 1. The molecule has 0 spiro atoms. The lowest BCUT2D eigenvalue weighted by atomic mass is 10.1. The van der Waals surface area contributed by atoms with Crippen molar-refractivity contribution in [2.45, 2.75) is 44.3 Å². The summed E-state index contributed by atoms with van der Waals surface area (Å²) in [5.74, 6) is 0.907. The van der Waals surface area contributed by atoms with E-state index >= 15 is 0 Å². The van der Waals surface area contributed by atoms with E-state index in [0.717, 1.165) is 12.3 Å². The Morgan fingerprint density at radius 1 is 1.65 bits per heavy atom. The summed E-state index contributed by atoms with van der Waals surface area (Å²) in [6.45, 7) is 2.77. The van der Waals surface area contributed by atoms with Crippen molar-refractivity contribution in [2.24, 2.45) is 5.73 Å². The minimum atomic E-state index is 0.000410. The highest BCUT2D eigenvalue weighted by Crippen LogP contribution is 2.35. The van der Waals surface area contributed by atoms with Crippen LogP contribution in [0.25, 0.3) is 0 Å². The average Bonchev–Trinajstić information content (AvgIpc) is 3.00. The van der Waals surface area contributed by atoms with Crippen molar-refractivity contribution in [3.8, 4) is 6.07 Å². The lowest BCUT2D eigenvalue weighted by molar-refractivity contribution is 0.149. The molecule has 2 N–H and O–H groups in total. The van der Waals surface area contributed by atoms with Crippen LogP contribution in [0, 0.1) is 11.3 Å². The van der Waals surface area contributed by atoms with Crippen molar-refractivity contribution < 1.29 is 4.42 Å². The molecule has 4 nitrogen and oxygen atoms in total. The molecule has 2 rings (SSSR count). The van der Waals surface area contributed by atoms with Crippen molar-refractivity contribution in [1.29, 1.82) is 5.26 Å². The summed E-state index contributed by atoms with van der Waals surface area (Å²) in [6, 6.07) is 6.73. The Hall–Kier alpha value is -1.31. The standard InChI is InChI=1S/C13H19N3O/c1-10(15)13(12-4-2-9-17-12)16(8-3-7-14)11-5-6-11/h2,4,9-11,13H,3,5-6,8,15H2,1H3. The molecule has 2 atom stereocenters. The predicted molar refractivity (Wildman–Crippen MR) is 65.1 cm³/mol. The third kappa shape index (κ3) is 2.87. The quantitative estimate of drug-likeness (QED) is 0.816. The molecule has 0 bridgehead atoms. The lowest BCUT2D eigenvalue weighted by Crippen LogP contribution is -2.41. The Morgan fingerprint density at radius 3 is 2.88 bits per heavy atom. The highest BCUT2D eigenvalue weighted by Gasteiger charge is 2.37. The summed E-state index contributed by atoms with van der Waals surface area (Å²) >= 11 is 0. The van der Waals surface area contributed by atoms with Gasteiger partial charge in [-0.1, -0.05) is 0 Å². The van der Waals surface area contributed by atoms with Crippen molar-refractivity contribution in [2.75, 3.05) is 6.54 Å². The SMILES string of the molecule is CC(N)C(c1ccco1)N(CCC#N)C1CC1. The highest BCUT2D eigenvalue weighted by atomic mass is 16.3. The molecule has 0 aromatic carbocycles. The van der Waals surface area contributed by atoms with E-state index in [2.05, 4.69) is 11.0 Å². The van der Waals surface area contributed by atoms with Crippen LogP contribution in [0.2, 0.25) is 0 Å². The molecule has 0 saturated heterocycles. The molecule has 2 unspecified atom stereocenters. The number of nitrogens with zero attached hydrogens (tertiary/aromatic N) is 2. The molecule has 1 aromatic heterocycles. The topological polar surface area (TPSA) is 66.2 Å². The fourth-order valence-electron chi connectivity index (χ4n) is 2.32. The summed E-state index contributed by atoms with van der Waals surface area (Å²) in [4.78, 5) is 2.33. The third-order valence-corrected chi connectivity index (χ3v) is 3.19. The fourth-order valence-corrected chi connectivity index (χ4v) is 2.32. The van der Waals surface area contributed by atoms with Gasteiger partial charge in [-0.05, 0) is 31.9 Å². The normalized spacial score (nSPS) is 18.9. The Morgan fingerprint density at radius 2 is 2.41 bits per heavy atom. The van der Waals surface area contributed by atoms with Gasteiger partial charge in [-0.3, -0.25) is 4.90 Å². The first kappa shape index (κ1) is 12.2. The Balaban J connectivity index is 2.15. The molecule has 92 valence electrons. The minimum Gasteiger partial charge on any atom is -0.468 e. The van der Waals surface area contributed by atoms with E-state index in [4.69, 9.17) is 15.4 Å². The molecular formula is C13H19N3O. The molecule has 1 aromatic rings. The summed E-state index contributed by atoms with van der Waals surface area (Å²) in [5.41, 5.74) is 6.08. The van der Waals surface area contributed by atoms with E-state index in [1.54, 1.807) is 6.26 Å². The molecular weight excluding hydrogens is 214 g/mol. The zero-order valence-corrected chi connectivity index (χ0v) is 10.2. The largest absolute Gasteiger partial charge is 0.468 e. The number of rotatable bonds is 6. The van der Waals surface area contributed by atoms with Crippen LogP contribution in [-0.2, 0) is 0 Å². The highest BCUT2D eigenvalue weighted by molar-refractivity contribution is 5.09. The molecule has 1 aliphatic rings. The first-order chi connectivity index (χ1) is 8.24. The van der Waals surface area contributed by atoms with E-state index in [9.17, 15) is 0 Å². The van der Waals surface area contributed by atoms with Gasteiger partial charge in [0.15, 0.2) is 0 Å². The Bertz CT molecular complexity index is 376. The van der Waals surface area contributed by atoms with Crippen LogP contribution in [0.1, 0.15) is 38.0 Å². The lowest BCUT2D eigenvalue weighted by Gasteiger charge is -2.32. The zero-order chi connectivity index (χ0) is 12.3. The van der Waals surface area contributed by atoms with Gasteiger partial charge < -0.3 is 10.2 Å². The van der Waals surface area contributed by atoms with Crippen molar-refractivity contribution in [1.82, 2.24) is 4.90 Å². The Kier molecular flexibility index (Phi) is 3.82. The van der Waals surface area contributed by atoms with Gasteiger partial charge in [0.25, 0.3) is 0 Å². The molecule has 0 aliphatic heterocycles. The number of hydrogen-bond acceptors (Lipinski definition) is 4. The zero-order valence-electron chi connectivity index (χ0n) is 10.2. The maximum atomic E-state index is 8.74. The summed E-state index contributed by atoms with van der Waals surface area (Å²) in [5, 5.41) is 8.74. The van der Waals surface area contributed by atoms with Gasteiger partial charge >= 0.3 is 0 Å². The summed E-state index contributed by atoms with van der Waals surface area (Å²) in [7, 11) is 0. The second kappa shape index (κ2) is 5.35. The maximum Gasteiger partial charge on any atom is 0.122 e. The van der Waals surface area contributed by atoms with Crippen LogP contribution in [0.15, 0.2) is 22.8 Å². The molecule has 0 radical (unpaired) electrons. The molecule has 1 fully saturated rings. The number of nitrogens with two attached hydrogens (primary N) is 1. The molecule has 1 heterocycles. The smallest absolute Gasteiger partial charge is 0.122 e. The second-order valence-corrected chi connectivity index (χ2v) is 4.70. The van der Waals surface area contributed by atoms with E-state index in [0.29, 0.717) is 12.5 Å². The summed E-state index contributed by atoms with van der Waals surface area (Å²) in [6.07, 6.45) is 4.63. The van der Waals surface area contributed by atoms with Crippen LogP contribution in [0.3, 0.4) is 0 Å². The van der Waals surface area contributed by atoms with Crippen LogP contribution in [-0.4, -0.2) is 23.5 Å². The van der Waals surface area contributed by atoms with Crippen LogP contribution in [0.5, 0.6) is 0 Å². The van der Waals surface area contributed by atoms with Crippen molar-refractivity contribution in [3.63, 3.8) is 0 Å². The van der Waals surface area contributed by atoms with Gasteiger partial charge in [0, 0.05) is 25.0 Å². The van der Waals surface area contributed by atoms with Gasteiger partial charge in [0.2, 0.25) is 0 Å². The maximum absolute atomic E-state index is 8.74. The summed E-state index contributed by atoms with van der Waals surface area (Å²) < 4.78 is 5.49. The van der Waals surface area contributed by atoms with Crippen molar-refractivity contribution >= 4 is 0 Å². The van der Waals surface area contributed by atoms with E-state index in [1.165, 1.54) is 12.8 Å². The van der Waals surface area contributed by atoms with Gasteiger partial charge in [-0.25, -0.2) is 0 Å². The number of furan rings is 1. The minimum absolute atomic E-state index is 0.000410. The van der Waals surface area contributed by atoms with E-state index in [1.807, 2.05) is 19.1 Å². The van der Waals surface area contributed by atoms with Gasteiger partial charge in [-0.2, -0.15) is 5.26 Å². The van der Waals surface area contributed by atoms with E-state index in [-0.39, 0.29) is 12.1 Å². The van der Waals surface area contributed by atoms with E-state index < -0.39 is 0 Å². The fraction of sp³-hybridized carbons (Fsp3) is 0.615. The molecule has 4 heteroatoms. The Labute approximate surface area is 102 Å². The molecule has 0 amide bonds. The molecule has 17 heavy (non-hydrogen) atoms. The van der Waals surface area contributed by atoms with Crippen LogP contribution < -0.4 is 5.73 Å². The van der Waals surface area contributed by atoms with Crippen LogP contribution >= 0.6 is 0 Å². The van der Waals surface area contributed by atoms with Crippen molar-refractivity contribution in [3.05, 3.63) is 24.2 Å². The second-order valence-electron chi connectivity index (χ2n) is 4.70. The van der Waals surface area contributed by atoms with Gasteiger partial charge in [0.1, 0.15) is 5.76 Å². The monoisotopic (exact) mass is 233 g/mol. The first-order valence-electron chi connectivity index (χ1n) is 6.15. The van der Waals surface area contributed by atoms with Gasteiger partial charge in [-0.15, -0.1) is 0 Å². The number of hydrogen-bond donors (Lipinski definition) is 1. The van der Waals surface area contributed by atoms with Crippen LogP contribution in [0.4, 0.5) is 0 Å². The first-order valence-corrected chi connectivity index (χ1v) is 6.15. The third-order valence-electron chi connectivity index (χ3n) is 3.19.